The molecule has 14 heavy (non-hydrogen) atoms. The van der Waals surface area contributed by atoms with Crippen molar-refractivity contribution in [1.29, 1.82) is 0 Å². The van der Waals surface area contributed by atoms with Gasteiger partial charge < -0.3 is 20.1 Å². The summed E-state index contributed by atoms with van der Waals surface area (Å²) in [7, 11) is 0. The number of rotatable bonds is 6. The smallest absolute Gasteiger partial charge is 0.548 e. The molecule has 0 atom stereocenters. The first-order chi connectivity index (χ1) is 5.96. The molecular formula is C8H16LiNO4. The molecule has 0 aliphatic heterocycles. The van der Waals surface area contributed by atoms with Gasteiger partial charge in [-0.05, 0) is 13.8 Å². The number of hydrogen-bond donors (Lipinski definition) is 2. The van der Waals surface area contributed by atoms with Gasteiger partial charge >= 0.3 is 18.9 Å². The van der Waals surface area contributed by atoms with E-state index in [1.165, 1.54) is 18.7 Å². The molecule has 0 aromatic rings. The molecule has 0 aliphatic rings. The summed E-state index contributed by atoms with van der Waals surface area (Å²) in [6, 6.07) is 0. The van der Waals surface area contributed by atoms with Crippen molar-refractivity contribution in [3.63, 3.8) is 0 Å². The van der Waals surface area contributed by atoms with Gasteiger partial charge in [0.25, 0.3) is 0 Å². The van der Waals surface area contributed by atoms with Gasteiger partial charge in [0, 0.05) is 13.1 Å². The quantitative estimate of drug-likeness (QED) is 0.416. The summed E-state index contributed by atoms with van der Waals surface area (Å²) in [6.45, 7) is 3.10. The van der Waals surface area contributed by atoms with Crippen LogP contribution in [0.15, 0.2) is 0 Å². The zero-order valence-corrected chi connectivity index (χ0v) is 8.99. The Bertz CT molecular complexity index is 169. The van der Waals surface area contributed by atoms with Gasteiger partial charge in [-0.2, -0.15) is 0 Å². The average molecular weight is 197 g/mol. The molecule has 5 nitrogen and oxygen atoms in total. The summed E-state index contributed by atoms with van der Waals surface area (Å²) in [5, 5.41) is 28.0. The summed E-state index contributed by atoms with van der Waals surface area (Å²) in [5.41, 5.74) is -1.16. The second-order valence-corrected chi connectivity index (χ2v) is 3.28. The number of nitrogens with zero attached hydrogens (tertiary/aromatic N) is 1. The van der Waals surface area contributed by atoms with Crippen LogP contribution in [0.5, 0.6) is 0 Å². The van der Waals surface area contributed by atoms with Gasteiger partial charge in [-0.15, -0.1) is 0 Å². The van der Waals surface area contributed by atoms with Crippen LogP contribution < -0.4 is 24.0 Å². The van der Waals surface area contributed by atoms with Crippen molar-refractivity contribution in [2.45, 2.75) is 19.4 Å². The van der Waals surface area contributed by atoms with E-state index in [1.54, 1.807) is 0 Å². The molecule has 0 spiro atoms. The van der Waals surface area contributed by atoms with Crippen LogP contribution >= 0.6 is 0 Å². The fourth-order valence-corrected chi connectivity index (χ4v) is 1.04. The van der Waals surface area contributed by atoms with Crippen molar-refractivity contribution in [3.05, 3.63) is 0 Å². The molecule has 6 heteroatoms. The van der Waals surface area contributed by atoms with Crippen LogP contribution in [0.2, 0.25) is 0 Å². The third kappa shape index (κ3) is 4.45. The van der Waals surface area contributed by atoms with Crippen LogP contribution in [-0.2, 0) is 4.79 Å². The van der Waals surface area contributed by atoms with E-state index in [-0.39, 0.29) is 45.2 Å². The van der Waals surface area contributed by atoms with Gasteiger partial charge in [-0.25, -0.2) is 0 Å². The van der Waals surface area contributed by atoms with Crippen LogP contribution in [0, 0.1) is 0 Å². The van der Waals surface area contributed by atoms with E-state index in [1.807, 2.05) is 0 Å². The Morgan fingerprint density at radius 3 is 1.86 bits per heavy atom. The number of aliphatic hydroxyl groups excluding tert-OH is 2. The fourth-order valence-electron chi connectivity index (χ4n) is 1.04. The van der Waals surface area contributed by atoms with E-state index in [2.05, 4.69) is 0 Å². The second kappa shape index (κ2) is 7.27. The average Bonchev–Trinajstić information content (AvgIpc) is 2.03. The van der Waals surface area contributed by atoms with E-state index >= 15 is 0 Å². The van der Waals surface area contributed by atoms with E-state index in [9.17, 15) is 9.90 Å². The largest absolute Gasteiger partial charge is 1.00 e. The fraction of sp³-hybridized carbons (Fsp3) is 0.875. The normalized spacial score (nSPS) is 11.2. The molecule has 0 aromatic carbocycles. The number of carbonyl (C=O) groups excluding carboxylic acids is 1. The van der Waals surface area contributed by atoms with E-state index in [4.69, 9.17) is 10.2 Å². The number of carboxylic acid groups (broad SMARTS) is 1. The minimum absolute atomic E-state index is 0. The Kier molecular flexibility index (Phi) is 8.50. The molecule has 0 unspecified atom stereocenters. The van der Waals surface area contributed by atoms with E-state index in [0.717, 1.165) is 0 Å². The van der Waals surface area contributed by atoms with Crippen LogP contribution in [-0.4, -0.2) is 52.9 Å². The number of aliphatic hydroxyl groups is 2. The first-order valence-electron chi connectivity index (χ1n) is 4.15. The van der Waals surface area contributed by atoms with Gasteiger partial charge in [0.15, 0.2) is 0 Å². The third-order valence-corrected chi connectivity index (χ3v) is 2.03. The first kappa shape index (κ1) is 16.4. The zero-order valence-electron chi connectivity index (χ0n) is 8.99. The summed E-state index contributed by atoms with van der Waals surface area (Å²) in [4.78, 5) is 12.2. The minimum Gasteiger partial charge on any atom is -0.548 e. The van der Waals surface area contributed by atoms with Crippen molar-refractivity contribution in [1.82, 2.24) is 4.90 Å². The van der Waals surface area contributed by atoms with Crippen LogP contribution in [0.25, 0.3) is 0 Å². The van der Waals surface area contributed by atoms with Gasteiger partial charge in [-0.1, -0.05) is 0 Å². The molecule has 2 N–H and O–H groups in total. The van der Waals surface area contributed by atoms with Crippen molar-refractivity contribution < 1.29 is 39.0 Å². The monoisotopic (exact) mass is 197 g/mol. The Hall–Kier alpha value is -0.0526. The molecule has 0 amide bonds. The zero-order chi connectivity index (χ0) is 10.5. The Labute approximate surface area is 95.9 Å². The summed E-state index contributed by atoms with van der Waals surface area (Å²) >= 11 is 0. The minimum atomic E-state index is -1.21. The molecule has 0 aliphatic carbocycles. The summed E-state index contributed by atoms with van der Waals surface area (Å²) < 4.78 is 0. The molecule has 0 saturated carbocycles. The molecule has 0 bridgehead atoms. The third-order valence-electron chi connectivity index (χ3n) is 2.03. The van der Waals surface area contributed by atoms with Crippen LogP contribution in [0.3, 0.4) is 0 Å². The molecule has 0 saturated heterocycles. The Balaban J connectivity index is 0. The maximum absolute atomic E-state index is 10.7. The predicted octanol–water partition coefficient (Wildman–Crippen LogP) is -5.19. The Morgan fingerprint density at radius 2 is 1.64 bits per heavy atom. The molecule has 0 heterocycles. The molecular weight excluding hydrogens is 181 g/mol. The number of β-amino-alcohol motifs (C(OH)–C–C–N with tert-alkyl or cyclic N) is 2. The molecule has 0 fully saturated rings. The SMILES string of the molecule is CC(C)(C(=O)[O-])N(CCO)CCO.[Li+]. The topological polar surface area (TPSA) is 83.8 Å². The molecule has 78 valence electrons. The van der Waals surface area contributed by atoms with Crippen LogP contribution in [0.1, 0.15) is 13.8 Å². The van der Waals surface area contributed by atoms with Crippen molar-refractivity contribution in [3.8, 4) is 0 Å². The number of carbonyl (C=O) groups is 1. The van der Waals surface area contributed by atoms with Gasteiger partial charge in [0.1, 0.15) is 0 Å². The van der Waals surface area contributed by atoms with E-state index < -0.39 is 11.5 Å². The summed E-state index contributed by atoms with van der Waals surface area (Å²) in [5.74, 6) is -1.21. The van der Waals surface area contributed by atoms with Gasteiger partial charge in [0.05, 0.1) is 24.7 Å². The number of aliphatic carboxylic acids is 1. The van der Waals surface area contributed by atoms with Crippen molar-refractivity contribution in [2.24, 2.45) is 0 Å². The predicted molar refractivity (Wildman–Crippen MR) is 44.8 cm³/mol. The van der Waals surface area contributed by atoms with Crippen molar-refractivity contribution >= 4 is 5.97 Å². The van der Waals surface area contributed by atoms with E-state index in [0.29, 0.717) is 0 Å². The van der Waals surface area contributed by atoms with Crippen molar-refractivity contribution in [2.75, 3.05) is 26.3 Å². The standard InChI is InChI=1S/C8H17NO4.Li/c1-8(2,7(12)13)9(3-5-10)4-6-11;/h10-11H,3-6H2,1-2H3,(H,12,13);/q;+1/p-1. The van der Waals surface area contributed by atoms with Gasteiger partial charge in [-0.3, -0.25) is 4.90 Å². The summed E-state index contributed by atoms with van der Waals surface area (Å²) in [6.07, 6.45) is 0. The second-order valence-electron chi connectivity index (χ2n) is 3.28. The molecule has 0 aromatic heterocycles. The molecule has 0 radical (unpaired) electrons. The number of carboxylic acids is 1. The maximum Gasteiger partial charge on any atom is 1.00 e. The number of hydrogen-bond acceptors (Lipinski definition) is 5. The van der Waals surface area contributed by atoms with Crippen LogP contribution in [0.4, 0.5) is 0 Å². The maximum atomic E-state index is 10.7. The van der Waals surface area contributed by atoms with Gasteiger partial charge in [0.2, 0.25) is 0 Å². The Morgan fingerprint density at radius 1 is 1.29 bits per heavy atom. The first-order valence-corrected chi connectivity index (χ1v) is 4.15. The molecule has 0 rings (SSSR count).